The van der Waals surface area contributed by atoms with E-state index in [2.05, 4.69) is 9.40 Å². The van der Waals surface area contributed by atoms with Gasteiger partial charge in [0.15, 0.2) is 5.58 Å². The van der Waals surface area contributed by atoms with Crippen LogP contribution in [-0.2, 0) is 6.18 Å². The minimum absolute atomic E-state index is 0.164. The smallest absolute Gasteiger partial charge is 0.433 e. The average molecular weight is 229 g/mol. The lowest BCUT2D eigenvalue weighted by Gasteiger charge is -2.02. The number of rotatable bonds is 1. The molecule has 0 atom stereocenters. The molecule has 2 nitrogen and oxygen atoms in total. The van der Waals surface area contributed by atoms with Crippen molar-refractivity contribution in [2.24, 2.45) is 0 Å². The first-order chi connectivity index (χ1) is 7.38. The molecular weight excluding hydrogens is 219 g/mol. The molecule has 0 aliphatic heterocycles. The van der Waals surface area contributed by atoms with Crippen LogP contribution in [0.2, 0.25) is 0 Å². The van der Waals surface area contributed by atoms with Gasteiger partial charge >= 0.3 is 12.1 Å². The van der Waals surface area contributed by atoms with Crippen molar-refractivity contribution in [2.45, 2.75) is 25.9 Å². The SMILES string of the molecule is CC(C)c1ccc2oc(C(F)(F)F)nc2c1. The highest BCUT2D eigenvalue weighted by Crippen LogP contribution is 2.31. The molecule has 0 bridgehead atoms. The molecule has 0 spiro atoms. The summed E-state index contributed by atoms with van der Waals surface area (Å²) < 4.78 is 41.6. The molecule has 0 saturated heterocycles. The number of halogens is 3. The van der Waals surface area contributed by atoms with E-state index < -0.39 is 12.1 Å². The summed E-state index contributed by atoms with van der Waals surface area (Å²) in [6.07, 6.45) is -4.53. The van der Waals surface area contributed by atoms with Gasteiger partial charge in [-0.1, -0.05) is 19.9 Å². The van der Waals surface area contributed by atoms with E-state index in [-0.39, 0.29) is 17.0 Å². The minimum atomic E-state index is -4.53. The van der Waals surface area contributed by atoms with E-state index in [1.54, 1.807) is 12.1 Å². The molecule has 0 aliphatic rings. The molecule has 1 heterocycles. The van der Waals surface area contributed by atoms with Gasteiger partial charge in [-0.05, 0) is 23.6 Å². The van der Waals surface area contributed by atoms with Gasteiger partial charge in [0, 0.05) is 0 Å². The second-order valence-electron chi connectivity index (χ2n) is 3.90. The molecule has 1 aromatic heterocycles. The fraction of sp³-hybridized carbons (Fsp3) is 0.364. The zero-order chi connectivity index (χ0) is 11.9. The van der Waals surface area contributed by atoms with E-state index >= 15 is 0 Å². The first-order valence-electron chi connectivity index (χ1n) is 4.85. The van der Waals surface area contributed by atoms with Gasteiger partial charge in [-0.25, -0.2) is 4.98 Å². The summed E-state index contributed by atoms with van der Waals surface area (Å²) in [6.45, 7) is 3.93. The van der Waals surface area contributed by atoms with E-state index in [1.165, 1.54) is 6.07 Å². The lowest BCUT2D eigenvalue weighted by atomic mass is 10.0. The summed E-state index contributed by atoms with van der Waals surface area (Å²) >= 11 is 0. The third kappa shape index (κ3) is 1.89. The Bertz CT molecular complexity index is 513. The van der Waals surface area contributed by atoms with Crippen molar-refractivity contribution < 1.29 is 17.6 Å². The summed E-state index contributed by atoms with van der Waals surface area (Å²) in [5, 5.41) is 0. The quantitative estimate of drug-likeness (QED) is 0.739. The van der Waals surface area contributed by atoms with Crippen molar-refractivity contribution in [1.82, 2.24) is 4.98 Å². The van der Waals surface area contributed by atoms with E-state index in [0.717, 1.165) is 5.56 Å². The molecular formula is C11H10F3NO. The Morgan fingerprint density at radius 1 is 1.25 bits per heavy atom. The molecule has 0 saturated carbocycles. The molecule has 0 fully saturated rings. The van der Waals surface area contributed by atoms with Gasteiger partial charge in [0.1, 0.15) is 5.52 Å². The molecule has 0 aliphatic carbocycles. The Kier molecular flexibility index (Phi) is 2.40. The van der Waals surface area contributed by atoms with Gasteiger partial charge in [-0.3, -0.25) is 0 Å². The zero-order valence-electron chi connectivity index (χ0n) is 8.80. The fourth-order valence-electron chi connectivity index (χ4n) is 1.42. The maximum absolute atomic E-state index is 12.3. The van der Waals surface area contributed by atoms with Crippen molar-refractivity contribution in [2.75, 3.05) is 0 Å². The Morgan fingerprint density at radius 3 is 2.50 bits per heavy atom. The van der Waals surface area contributed by atoms with Gasteiger partial charge in [-0.15, -0.1) is 0 Å². The molecule has 16 heavy (non-hydrogen) atoms. The van der Waals surface area contributed by atoms with Crippen molar-refractivity contribution in [3.8, 4) is 0 Å². The van der Waals surface area contributed by atoms with Crippen LogP contribution < -0.4 is 0 Å². The highest BCUT2D eigenvalue weighted by molar-refractivity contribution is 5.73. The third-order valence-corrected chi connectivity index (χ3v) is 2.32. The highest BCUT2D eigenvalue weighted by Gasteiger charge is 2.37. The summed E-state index contributed by atoms with van der Waals surface area (Å²) in [6, 6.07) is 4.89. The van der Waals surface area contributed by atoms with Crippen molar-refractivity contribution >= 4 is 11.1 Å². The monoisotopic (exact) mass is 229 g/mol. The number of alkyl halides is 3. The predicted octanol–water partition coefficient (Wildman–Crippen LogP) is 3.97. The van der Waals surface area contributed by atoms with Crippen LogP contribution in [0.15, 0.2) is 22.6 Å². The van der Waals surface area contributed by atoms with Gasteiger partial charge in [0.05, 0.1) is 0 Å². The maximum Gasteiger partial charge on any atom is 0.468 e. The number of hydrogen-bond acceptors (Lipinski definition) is 2. The van der Waals surface area contributed by atoms with Crippen LogP contribution in [0.1, 0.15) is 31.2 Å². The lowest BCUT2D eigenvalue weighted by molar-refractivity contribution is -0.156. The lowest BCUT2D eigenvalue weighted by Crippen LogP contribution is -2.04. The normalized spacial score (nSPS) is 12.6. The minimum Gasteiger partial charge on any atom is -0.433 e. The number of oxazole rings is 1. The van der Waals surface area contributed by atoms with Crippen LogP contribution in [0.4, 0.5) is 13.2 Å². The van der Waals surface area contributed by atoms with E-state index in [0.29, 0.717) is 0 Å². The van der Waals surface area contributed by atoms with Gasteiger partial charge in [0.25, 0.3) is 0 Å². The van der Waals surface area contributed by atoms with E-state index in [9.17, 15) is 13.2 Å². The maximum atomic E-state index is 12.3. The number of nitrogens with zero attached hydrogens (tertiary/aromatic N) is 1. The second-order valence-corrected chi connectivity index (χ2v) is 3.90. The van der Waals surface area contributed by atoms with Crippen LogP contribution in [0.5, 0.6) is 0 Å². The Balaban J connectivity index is 2.54. The first kappa shape index (κ1) is 11.0. The predicted molar refractivity (Wildman–Crippen MR) is 53.1 cm³/mol. The standard InChI is InChI=1S/C11H10F3NO/c1-6(2)7-3-4-9-8(5-7)15-10(16-9)11(12,13)14/h3-6H,1-2H3. The average Bonchev–Trinajstić information content (AvgIpc) is 2.58. The van der Waals surface area contributed by atoms with Crippen LogP contribution in [0, 0.1) is 0 Å². The molecule has 5 heteroatoms. The molecule has 2 rings (SSSR count). The van der Waals surface area contributed by atoms with Gasteiger partial charge < -0.3 is 4.42 Å². The Labute approximate surface area is 90.1 Å². The number of aromatic nitrogens is 1. The summed E-state index contributed by atoms with van der Waals surface area (Å²) in [7, 11) is 0. The summed E-state index contributed by atoms with van der Waals surface area (Å²) in [5.74, 6) is -0.946. The molecule has 0 radical (unpaired) electrons. The van der Waals surface area contributed by atoms with Crippen molar-refractivity contribution in [1.29, 1.82) is 0 Å². The van der Waals surface area contributed by atoms with Crippen LogP contribution >= 0.6 is 0 Å². The number of hydrogen-bond donors (Lipinski definition) is 0. The van der Waals surface area contributed by atoms with Crippen LogP contribution in [0.3, 0.4) is 0 Å². The summed E-state index contributed by atoms with van der Waals surface area (Å²) in [4.78, 5) is 3.44. The molecule has 86 valence electrons. The fourth-order valence-corrected chi connectivity index (χ4v) is 1.42. The Morgan fingerprint density at radius 2 is 1.94 bits per heavy atom. The molecule has 0 amide bonds. The second kappa shape index (κ2) is 3.50. The largest absolute Gasteiger partial charge is 0.468 e. The van der Waals surface area contributed by atoms with Crippen LogP contribution in [-0.4, -0.2) is 4.98 Å². The topological polar surface area (TPSA) is 26.0 Å². The van der Waals surface area contributed by atoms with Crippen LogP contribution in [0.25, 0.3) is 11.1 Å². The zero-order valence-corrected chi connectivity index (χ0v) is 8.80. The van der Waals surface area contributed by atoms with E-state index in [4.69, 9.17) is 0 Å². The molecule has 2 aromatic rings. The highest BCUT2D eigenvalue weighted by atomic mass is 19.4. The first-order valence-corrected chi connectivity index (χ1v) is 4.85. The van der Waals surface area contributed by atoms with Gasteiger partial charge in [0.2, 0.25) is 0 Å². The van der Waals surface area contributed by atoms with Crippen molar-refractivity contribution in [3.63, 3.8) is 0 Å². The van der Waals surface area contributed by atoms with E-state index in [1.807, 2.05) is 13.8 Å². The van der Waals surface area contributed by atoms with Gasteiger partial charge in [-0.2, -0.15) is 13.2 Å². The Hall–Kier alpha value is -1.52. The molecule has 0 N–H and O–H groups in total. The molecule has 0 unspecified atom stereocenters. The number of benzene rings is 1. The third-order valence-electron chi connectivity index (χ3n) is 2.32. The molecule has 1 aromatic carbocycles. The summed E-state index contributed by atoms with van der Waals surface area (Å²) in [5.41, 5.74) is 1.35. The van der Waals surface area contributed by atoms with Crippen molar-refractivity contribution in [3.05, 3.63) is 29.7 Å². The number of fused-ring (bicyclic) bond motifs is 1.